The number of rotatable bonds is 8. The molecule has 1 fully saturated rings. The highest BCUT2D eigenvalue weighted by molar-refractivity contribution is 6.52. The van der Waals surface area contributed by atoms with Crippen LogP contribution in [-0.4, -0.2) is 21.1 Å². The third-order valence-electron chi connectivity index (χ3n) is 4.06. The minimum Gasteiger partial charge on any atom is -0.501 e. The summed E-state index contributed by atoms with van der Waals surface area (Å²) in [4.78, 5) is 0. The molecule has 0 aliphatic carbocycles. The van der Waals surface area contributed by atoms with E-state index in [1.54, 1.807) is 0 Å². The summed E-state index contributed by atoms with van der Waals surface area (Å²) in [6.45, 7) is 7.74. The Morgan fingerprint density at radius 2 is 1.44 bits per heavy atom. The lowest BCUT2D eigenvalue weighted by Crippen LogP contribution is -2.13. The van der Waals surface area contributed by atoms with Gasteiger partial charge in [0.25, 0.3) is 0 Å². The van der Waals surface area contributed by atoms with Gasteiger partial charge in [0.05, 0.1) is 0 Å². The van der Waals surface area contributed by atoms with Gasteiger partial charge in [0.1, 0.15) is 0 Å². The summed E-state index contributed by atoms with van der Waals surface area (Å²) in [7, 11) is 0. The van der Waals surface area contributed by atoms with E-state index in [1.807, 2.05) is 0 Å². The minimum absolute atomic E-state index is 0.782. The van der Waals surface area contributed by atoms with Gasteiger partial charge >= 0.3 is 14.5 Å². The van der Waals surface area contributed by atoms with Crippen LogP contribution in [-0.2, 0) is 3.79 Å². The second-order valence-corrected chi connectivity index (χ2v) is 7.87. The highest BCUT2D eigenvalue weighted by Gasteiger charge is 2.38. The molecule has 1 aliphatic heterocycles. The van der Waals surface area contributed by atoms with E-state index < -0.39 is 14.5 Å². The lowest BCUT2D eigenvalue weighted by molar-refractivity contribution is 0.344. The molecule has 0 aromatic carbocycles. The van der Waals surface area contributed by atoms with Gasteiger partial charge in [-0.3, -0.25) is 0 Å². The highest BCUT2D eigenvalue weighted by Crippen LogP contribution is 2.39. The number of hydrogen-bond donors (Lipinski definition) is 0. The third kappa shape index (κ3) is 4.78. The normalized spacial score (nSPS) is 25.3. The van der Waals surface area contributed by atoms with E-state index in [0.29, 0.717) is 0 Å². The summed E-state index contributed by atoms with van der Waals surface area (Å²) in [6.07, 6.45) is 8.53. The average Bonchev–Trinajstić information content (AvgIpc) is 2.66. The highest BCUT2D eigenvalue weighted by atomic mass is 27.2. The third-order valence-corrected chi connectivity index (χ3v) is 7.12. The van der Waals surface area contributed by atoms with Gasteiger partial charge in [-0.2, -0.15) is 0 Å². The van der Waals surface area contributed by atoms with Crippen LogP contribution in [0.1, 0.15) is 59.3 Å². The predicted molar refractivity (Wildman–Crippen MR) is 73.0 cm³/mol. The quantitative estimate of drug-likeness (QED) is 0.561. The van der Waals surface area contributed by atoms with Gasteiger partial charge < -0.3 is 3.79 Å². The first-order valence-electron chi connectivity index (χ1n) is 7.43. The molecule has 0 aromatic rings. The molecule has 1 nitrogen and oxygen atoms in total. The number of hydrogen-bond acceptors (Lipinski definition) is 1. The van der Waals surface area contributed by atoms with Crippen LogP contribution in [0.25, 0.3) is 0 Å². The first-order chi connectivity index (χ1) is 7.81. The molecule has 16 heavy (non-hydrogen) atoms. The predicted octanol–water partition coefficient (Wildman–Crippen LogP) is 4.64. The summed E-state index contributed by atoms with van der Waals surface area (Å²) >= 11 is -0.782. The van der Waals surface area contributed by atoms with Crippen LogP contribution in [0.3, 0.4) is 0 Å². The van der Waals surface area contributed by atoms with Crippen molar-refractivity contribution < 1.29 is 3.79 Å². The molecule has 1 saturated heterocycles. The van der Waals surface area contributed by atoms with Crippen LogP contribution >= 0.6 is 0 Å². The van der Waals surface area contributed by atoms with Crippen molar-refractivity contribution in [2.24, 2.45) is 11.8 Å². The Hall–Kier alpha value is 0.492. The van der Waals surface area contributed by atoms with Crippen molar-refractivity contribution in [1.29, 1.82) is 0 Å². The molecule has 2 atom stereocenters. The van der Waals surface area contributed by atoms with Gasteiger partial charge in [0.15, 0.2) is 0 Å². The van der Waals surface area contributed by atoms with E-state index in [1.165, 1.54) is 49.1 Å². The fourth-order valence-electron chi connectivity index (χ4n) is 3.17. The largest absolute Gasteiger partial charge is 0.501 e. The standard InChI is InChI=1S/C12H24.C2H5O.Al/c1-5-7-9-11(3)12(4)10-8-6-2;1-2-3;/h11-12H,3-10H2,1-2H3;2H2,1H3;/q;-1;+1/t11-,12-;;/m0../s1. The molecule has 1 heterocycles. The van der Waals surface area contributed by atoms with Gasteiger partial charge in [0, 0.05) is 6.61 Å². The van der Waals surface area contributed by atoms with E-state index >= 15 is 0 Å². The summed E-state index contributed by atoms with van der Waals surface area (Å²) in [6, 6.07) is 0. The molecule has 0 spiro atoms. The van der Waals surface area contributed by atoms with Gasteiger partial charge in [0.2, 0.25) is 0 Å². The SMILES string of the molecule is CCCC[C@@H]1[CH2][Al]([O]CC)[CH2][C@H]1CCCC. The monoisotopic (exact) mass is 240 g/mol. The van der Waals surface area contributed by atoms with Gasteiger partial charge in [-0.05, 0) is 18.8 Å². The number of unbranched alkanes of at least 4 members (excludes halogenated alkanes) is 2. The second-order valence-electron chi connectivity index (χ2n) is 5.35. The molecule has 2 heteroatoms. The fourth-order valence-corrected chi connectivity index (χ4v) is 6.70. The summed E-state index contributed by atoms with van der Waals surface area (Å²) in [5.74, 6) is 2.05. The van der Waals surface area contributed by atoms with Crippen molar-refractivity contribution in [2.45, 2.75) is 69.9 Å². The van der Waals surface area contributed by atoms with E-state index in [4.69, 9.17) is 3.79 Å². The molecule has 0 amide bonds. The van der Waals surface area contributed by atoms with Crippen molar-refractivity contribution in [2.75, 3.05) is 6.61 Å². The molecular weight excluding hydrogens is 211 g/mol. The van der Waals surface area contributed by atoms with Crippen LogP contribution in [0.4, 0.5) is 0 Å². The topological polar surface area (TPSA) is 9.23 Å². The summed E-state index contributed by atoms with van der Waals surface area (Å²) in [5, 5.41) is 2.95. The molecule has 1 aliphatic rings. The Balaban J connectivity index is 2.36. The Bertz CT molecular complexity index is 156. The molecule has 0 aromatic heterocycles. The van der Waals surface area contributed by atoms with Crippen molar-refractivity contribution in [3.05, 3.63) is 0 Å². The molecular formula is C14H29AlO. The fraction of sp³-hybridized carbons (Fsp3) is 1.00. The van der Waals surface area contributed by atoms with Crippen LogP contribution in [0.5, 0.6) is 0 Å². The summed E-state index contributed by atoms with van der Waals surface area (Å²) in [5.41, 5.74) is 0. The molecule has 1 rings (SSSR count). The van der Waals surface area contributed by atoms with Crippen molar-refractivity contribution in [3.8, 4) is 0 Å². The Morgan fingerprint density at radius 3 is 1.81 bits per heavy atom. The molecule has 94 valence electrons. The second kappa shape index (κ2) is 8.56. The molecule has 0 saturated carbocycles. The average molecular weight is 240 g/mol. The van der Waals surface area contributed by atoms with E-state index in [2.05, 4.69) is 20.8 Å². The van der Waals surface area contributed by atoms with Gasteiger partial charge in [-0.1, -0.05) is 62.9 Å². The van der Waals surface area contributed by atoms with Crippen LogP contribution in [0, 0.1) is 11.8 Å². The van der Waals surface area contributed by atoms with Crippen molar-refractivity contribution >= 4 is 14.5 Å². The lowest BCUT2D eigenvalue weighted by Gasteiger charge is -2.19. The Morgan fingerprint density at radius 1 is 0.938 bits per heavy atom. The van der Waals surface area contributed by atoms with Gasteiger partial charge in [-0.15, -0.1) is 0 Å². The molecule has 0 bridgehead atoms. The van der Waals surface area contributed by atoms with Crippen LogP contribution in [0.2, 0.25) is 10.6 Å². The van der Waals surface area contributed by atoms with Gasteiger partial charge in [-0.25, -0.2) is 0 Å². The maximum atomic E-state index is 5.96. The first kappa shape index (κ1) is 14.6. The lowest BCUT2D eigenvalue weighted by atomic mass is 9.87. The Kier molecular flexibility index (Phi) is 7.79. The van der Waals surface area contributed by atoms with Crippen molar-refractivity contribution in [1.82, 2.24) is 0 Å². The smallest absolute Gasteiger partial charge is 0.461 e. The van der Waals surface area contributed by atoms with E-state index in [-0.39, 0.29) is 0 Å². The first-order valence-corrected chi connectivity index (χ1v) is 9.53. The van der Waals surface area contributed by atoms with E-state index in [0.717, 1.165) is 18.4 Å². The van der Waals surface area contributed by atoms with Crippen LogP contribution < -0.4 is 0 Å². The molecule has 0 radical (unpaired) electrons. The van der Waals surface area contributed by atoms with Crippen molar-refractivity contribution in [3.63, 3.8) is 0 Å². The zero-order chi connectivity index (χ0) is 11.8. The molecule has 0 N–H and O–H groups in total. The molecule has 0 unspecified atom stereocenters. The minimum atomic E-state index is -0.782. The maximum absolute atomic E-state index is 5.96. The summed E-state index contributed by atoms with van der Waals surface area (Å²) < 4.78 is 5.96. The van der Waals surface area contributed by atoms with E-state index in [9.17, 15) is 0 Å². The zero-order valence-corrected chi connectivity index (χ0v) is 12.7. The van der Waals surface area contributed by atoms with Crippen LogP contribution in [0.15, 0.2) is 0 Å². The maximum Gasteiger partial charge on any atom is 0.461 e. The zero-order valence-electron chi connectivity index (χ0n) is 11.5. The Labute approximate surface area is 107 Å².